The third-order valence-electron chi connectivity index (χ3n) is 5.69. The van der Waals surface area contributed by atoms with Gasteiger partial charge in [0.2, 0.25) is 0 Å². The van der Waals surface area contributed by atoms with E-state index < -0.39 is 12.5 Å². The molecule has 6 rings (SSSR count). The summed E-state index contributed by atoms with van der Waals surface area (Å²) in [5.41, 5.74) is 8.38. The number of hydrogen-bond acceptors (Lipinski definition) is 9. The first-order valence-electron chi connectivity index (χ1n) is 10.2. The maximum atomic E-state index is 14.2. The maximum Gasteiger partial charge on any atom is 0.184 e. The summed E-state index contributed by atoms with van der Waals surface area (Å²) in [7, 11) is 0. The number of hydrogen-bond donors (Lipinski definition) is 3. The van der Waals surface area contributed by atoms with Gasteiger partial charge in [-0.05, 0) is 18.2 Å². The number of nitrogens with two attached hydrogens (primary N) is 1. The molecule has 0 unspecified atom stereocenters. The second-order valence-electron chi connectivity index (χ2n) is 7.64. The number of fused-ring (bicyclic) bond motifs is 5. The van der Waals surface area contributed by atoms with Crippen molar-refractivity contribution in [3.05, 3.63) is 54.0 Å². The van der Waals surface area contributed by atoms with Gasteiger partial charge in [0.25, 0.3) is 0 Å². The Balaban J connectivity index is 1.48. The van der Waals surface area contributed by atoms with E-state index in [2.05, 4.69) is 25.4 Å². The number of nitrogens with one attached hydrogen (secondary N) is 1. The summed E-state index contributed by atoms with van der Waals surface area (Å²) in [6.45, 7) is 1.13. The summed E-state index contributed by atoms with van der Waals surface area (Å²) in [5.74, 6) is 0.668. The molecule has 0 radical (unpaired) electrons. The molecular formula is C21H19FN8O2. The Morgan fingerprint density at radius 2 is 2.09 bits per heavy atom. The van der Waals surface area contributed by atoms with E-state index in [0.29, 0.717) is 47.4 Å². The molecule has 11 heteroatoms. The summed E-state index contributed by atoms with van der Waals surface area (Å²) >= 11 is 0. The summed E-state index contributed by atoms with van der Waals surface area (Å²) in [4.78, 5) is 15.3. The van der Waals surface area contributed by atoms with Gasteiger partial charge in [-0.25, -0.2) is 24.0 Å². The number of morpholine rings is 1. The van der Waals surface area contributed by atoms with Crippen LogP contribution >= 0.6 is 0 Å². The summed E-state index contributed by atoms with van der Waals surface area (Å²) in [6.07, 6.45) is 0.163. The molecule has 5 heterocycles. The molecule has 2 bridgehead atoms. The Morgan fingerprint density at radius 1 is 1.22 bits per heavy atom. The zero-order chi connectivity index (χ0) is 21.8. The number of ether oxygens (including phenoxy) is 1. The molecule has 1 fully saturated rings. The maximum absolute atomic E-state index is 14.2. The molecule has 162 valence electrons. The van der Waals surface area contributed by atoms with Crippen LogP contribution in [0.2, 0.25) is 0 Å². The number of nitrogens with zero attached hydrogens (tertiary/aromatic N) is 6. The summed E-state index contributed by atoms with van der Waals surface area (Å²) < 4.78 is 21.5. The van der Waals surface area contributed by atoms with Crippen LogP contribution in [-0.4, -0.2) is 55.4 Å². The van der Waals surface area contributed by atoms with Gasteiger partial charge in [0.15, 0.2) is 35.6 Å². The van der Waals surface area contributed by atoms with Crippen LogP contribution in [0, 0.1) is 5.82 Å². The number of anilines is 3. The summed E-state index contributed by atoms with van der Waals surface area (Å²) in [5, 5.41) is 18.9. The number of aliphatic hydroxyl groups excluding tert-OH is 1. The van der Waals surface area contributed by atoms with E-state index >= 15 is 0 Å². The minimum atomic E-state index is -0.877. The average molecular weight is 434 g/mol. The van der Waals surface area contributed by atoms with Gasteiger partial charge in [-0.1, -0.05) is 18.2 Å². The first kappa shape index (κ1) is 18.9. The van der Waals surface area contributed by atoms with E-state index in [-0.39, 0.29) is 18.2 Å². The molecule has 4 aromatic rings. The largest absolute Gasteiger partial charge is 0.382 e. The molecule has 0 spiro atoms. The first-order valence-corrected chi connectivity index (χ1v) is 10.2. The van der Waals surface area contributed by atoms with Gasteiger partial charge in [0.05, 0.1) is 18.5 Å². The van der Waals surface area contributed by atoms with Crippen molar-refractivity contribution in [2.24, 2.45) is 0 Å². The van der Waals surface area contributed by atoms with Gasteiger partial charge >= 0.3 is 0 Å². The fraction of sp³-hybridized carbons (Fsp3) is 0.238. The Morgan fingerprint density at radius 3 is 2.97 bits per heavy atom. The minimum Gasteiger partial charge on any atom is -0.382 e. The van der Waals surface area contributed by atoms with Crippen LogP contribution in [0.3, 0.4) is 0 Å². The smallest absolute Gasteiger partial charge is 0.184 e. The van der Waals surface area contributed by atoms with Gasteiger partial charge in [0, 0.05) is 18.3 Å². The molecule has 2 aliphatic rings. The molecule has 2 aliphatic heterocycles. The topological polar surface area (TPSA) is 127 Å². The van der Waals surface area contributed by atoms with E-state index in [1.54, 1.807) is 40.0 Å². The quantitative estimate of drug-likeness (QED) is 0.440. The van der Waals surface area contributed by atoms with Crippen LogP contribution in [0.1, 0.15) is 5.56 Å². The van der Waals surface area contributed by atoms with Gasteiger partial charge in [-0.2, -0.15) is 5.10 Å². The lowest BCUT2D eigenvalue weighted by Gasteiger charge is -2.44. The molecule has 1 aromatic carbocycles. The average Bonchev–Trinajstić information content (AvgIpc) is 3.14. The van der Waals surface area contributed by atoms with Crippen molar-refractivity contribution in [2.45, 2.75) is 19.0 Å². The van der Waals surface area contributed by atoms with E-state index in [9.17, 15) is 9.50 Å². The highest BCUT2D eigenvalue weighted by Crippen LogP contribution is 2.39. The van der Waals surface area contributed by atoms with Crippen molar-refractivity contribution >= 4 is 28.4 Å². The minimum absolute atomic E-state index is 0.203. The number of aromatic nitrogens is 5. The van der Waals surface area contributed by atoms with Crippen molar-refractivity contribution in [1.29, 1.82) is 0 Å². The highest BCUT2D eigenvalue weighted by atomic mass is 19.1. The molecule has 0 aliphatic carbocycles. The van der Waals surface area contributed by atoms with Crippen molar-refractivity contribution in [3.8, 4) is 11.5 Å². The number of pyridine rings is 1. The standard InChI is InChI=1S/C21H19FN8O2/c22-13-6-2-1-4-11(13)10-30-19-12(5-3-7-24-19)14(28-30)17-25-16(23)15-18(26-17)27-20-21(31)29(15)8-9-32-20/h1-7,20-21,31H,8-10H2,(H3,23,25,26,27)/t20-,21-/m0/s1. The van der Waals surface area contributed by atoms with Crippen LogP contribution < -0.4 is 16.0 Å². The Hall–Kier alpha value is -3.83. The molecule has 4 N–H and O–H groups in total. The lowest BCUT2D eigenvalue weighted by atomic mass is 10.2. The van der Waals surface area contributed by atoms with E-state index in [0.717, 1.165) is 5.39 Å². The second kappa shape index (κ2) is 7.11. The monoisotopic (exact) mass is 434 g/mol. The fourth-order valence-corrected chi connectivity index (χ4v) is 4.19. The van der Waals surface area contributed by atoms with Gasteiger partial charge < -0.3 is 25.8 Å². The zero-order valence-corrected chi connectivity index (χ0v) is 16.8. The fourth-order valence-electron chi connectivity index (χ4n) is 4.19. The Bertz CT molecular complexity index is 1340. The van der Waals surface area contributed by atoms with E-state index in [1.165, 1.54) is 6.07 Å². The van der Waals surface area contributed by atoms with Crippen LogP contribution in [-0.2, 0) is 11.3 Å². The predicted octanol–water partition coefficient (Wildman–Crippen LogP) is 1.56. The molecule has 1 saturated heterocycles. The van der Waals surface area contributed by atoms with Crippen LogP contribution in [0.15, 0.2) is 42.6 Å². The summed E-state index contributed by atoms with van der Waals surface area (Å²) in [6, 6.07) is 10.2. The number of rotatable bonds is 3. The number of nitrogen functional groups attached to an aromatic ring is 1. The Labute approximate surface area is 181 Å². The molecular weight excluding hydrogens is 415 g/mol. The number of aliphatic hydroxyl groups is 1. The highest BCUT2D eigenvalue weighted by molar-refractivity contribution is 5.91. The van der Waals surface area contributed by atoms with Crippen molar-refractivity contribution in [2.75, 3.05) is 29.1 Å². The van der Waals surface area contributed by atoms with E-state index in [1.807, 2.05) is 6.07 Å². The highest BCUT2D eigenvalue weighted by Gasteiger charge is 2.39. The molecule has 3 aromatic heterocycles. The third kappa shape index (κ3) is 2.86. The number of benzene rings is 1. The SMILES string of the molecule is Nc1nc(-c2nn(Cc3ccccc3F)c3ncccc23)nc2c1N1CCO[C@H](N2)[C@@H]1O. The van der Waals surface area contributed by atoms with Gasteiger partial charge in [-0.15, -0.1) is 0 Å². The van der Waals surface area contributed by atoms with Gasteiger partial charge in [0.1, 0.15) is 17.2 Å². The zero-order valence-electron chi connectivity index (χ0n) is 16.8. The normalized spacial score (nSPS) is 19.6. The van der Waals surface area contributed by atoms with Crippen molar-refractivity contribution in [3.63, 3.8) is 0 Å². The van der Waals surface area contributed by atoms with Crippen LogP contribution in [0.4, 0.5) is 21.7 Å². The first-order chi connectivity index (χ1) is 15.6. The molecule has 0 amide bonds. The third-order valence-corrected chi connectivity index (χ3v) is 5.69. The van der Waals surface area contributed by atoms with Crippen molar-refractivity contribution in [1.82, 2.24) is 24.7 Å². The van der Waals surface area contributed by atoms with E-state index in [4.69, 9.17) is 10.5 Å². The lowest BCUT2D eigenvalue weighted by molar-refractivity contribution is -0.0514. The number of halogens is 1. The predicted molar refractivity (Wildman–Crippen MR) is 115 cm³/mol. The van der Waals surface area contributed by atoms with Crippen LogP contribution in [0.25, 0.3) is 22.6 Å². The lowest BCUT2D eigenvalue weighted by Crippen LogP contribution is -2.58. The Kier molecular flexibility index (Phi) is 4.20. The molecule has 32 heavy (non-hydrogen) atoms. The molecule has 0 saturated carbocycles. The van der Waals surface area contributed by atoms with Crippen molar-refractivity contribution < 1.29 is 14.2 Å². The molecule has 2 atom stereocenters. The van der Waals surface area contributed by atoms with Crippen LogP contribution in [0.5, 0.6) is 0 Å². The molecule has 10 nitrogen and oxygen atoms in total. The van der Waals surface area contributed by atoms with Gasteiger partial charge in [-0.3, -0.25) is 0 Å². The second-order valence-corrected chi connectivity index (χ2v) is 7.64.